The average Bonchev–Trinajstić information content (AvgIpc) is 2.86. The van der Waals surface area contributed by atoms with E-state index in [1.54, 1.807) is 12.5 Å². The third kappa shape index (κ3) is 3.64. The molecule has 112 valence electrons. The zero-order valence-corrected chi connectivity index (χ0v) is 13.5. The van der Waals surface area contributed by atoms with Crippen LogP contribution in [-0.2, 0) is 0 Å². The monoisotopic (exact) mass is 305 g/mol. The van der Waals surface area contributed by atoms with E-state index in [2.05, 4.69) is 9.97 Å². The Kier molecular flexibility index (Phi) is 5.01. The zero-order chi connectivity index (χ0) is 15.4. The second kappa shape index (κ2) is 6.76. The fourth-order valence-corrected chi connectivity index (χ4v) is 2.81. The second-order valence-electron chi connectivity index (χ2n) is 4.60. The first kappa shape index (κ1) is 15.6. The highest BCUT2D eigenvalue weighted by molar-refractivity contribution is 7.99. The largest absolute Gasteiger partial charge is 0.468 e. The fraction of sp³-hybridized carbons (Fsp3) is 0.400. The number of furan rings is 1. The Morgan fingerprint density at radius 1 is 1.38 bits per heavy atom. The molecular formula is C15H19N3O2S. The van der Waals surface area contributed by atoms with Gasteiger partial charge in [-0.1, -0.05) is 11.8 Å². The molecule has 0 aromatic carbocycles. The molecule has 0 saturated heterocycles. The van der Waals surface area contributed by atoms with Crippen LogP contribution in [0.25, 0.3) is 0 Å². The van der Waals surface area contributed by atoms with E-state index in [9.17, 15) is 4.79 Å². The fourth-order valence-electron chi connectivity index (χ4n) is 2.00. The zero-order valence-electron chi connectivity index (χ0n) is 12.7. The van der Waals surface area contributed by atoms with Crippen LogP contribution in [0.15, 0.2) is 32.9 Å². The lowest BCUT2D eigenvalue weighted by atomic mass is 10.3. The minimum Gasteiger partial charge on any atom is -0.468 e. The molecule has 2 heterocycles. The van der Waals surface area contributed by atoms with E-state index < -0.39 is 0 Å². The van der Waals surface area contributed by atoms with Gasteiger partial charge in [0.25, 0.3) is 0 Å². The summed E-state index contributed by atoms with van der Waals surface area (Å²) in [4.78, 5) is 23.7. The normalized spacial score (nSPS) is 10.7. The number of Topliss-reactive ketones (excluding diaryl/α,β-unsaturated/α-hetero) is 1. The summed E-state index contributed by atoms with van der Waals surface area (Å²) in [5, 5.41) is 0.692. The Bertz CT molecular complexity index is 636. The van der Waals surface area contributed by atoms with E-state index in [0.717, 1.165) is 23.7 Å². The molecule has 0 aliphatic carbocycles. The lowest BCUT2D eigenvalue weighted by molar-refractivity contribution is 0.101. The maximum atomic E-state index is 11.9. The first-order valence-corrected chi connectivity index (χ1v) is 7.72. The van der Waals surface area contributed by atoms with Gasteiger partial charge in [-0.05, 0) is 26.8 Å². The molecule has 0 amide bonds. The Morgan fingerprint density at radius 3 is 2.62 bits per heavy atom. The molecule has 2 rings (SSSR count). The average molecular weight is 305 g/mol. The quantitative estimate of drug-likeness (QED) is 0.760. The van der Waals surface area contributed by atoms with Crippen molar-refractivity contribution in [2.45, 2.75) is 37.6 Å². The molecule has 2 aromatic rings. The Morgan fingerprint density at radius 2 is 2.10 bits per heavy atom. The molecule has 2 aromatic heterocycles. The highest BCUT2D eigenvalue weighted by Gasteiger charge is 2.17. The topological polar surface area (TPSA) is 59.2 Å². The number of nitrogens with zero attached hydrogens (tertiary/aromatic N) is 3. The number of ketones is 1. The summed E-state index contributed by atoms with van der Waals surface area (Å²) < 4.78 is 5.27. The maximum Gasteiger partial charge on any atom is 0.181 e. The smallest absolute Gasteiger partial charge is 0.181 e. The predicted octanol–water partition coefficient (Wildman–Crippen LogP) is 3.58. The third-order valence-electron chi connectivity index (χ3n) is 3.06. The number of aryl methyl sites for hydroxylation is 1. The molecule has 0 saturated carbocycles. The van der Waals surface area contributed by atoms with Gasteiger partial charge in [-0.2, -0.15) is 0 Å². The molecule has 0 aliphatic heterocycles. The van der Waals surface area contributed by atoms with Crippen molar-refractivity contribution in [2.75, 3.05) is 18.0 Å². The van der Waals surface area contributed by atoms with Gasteiger partial charge in [-0.3, -0.25) is 4.79 Å². The van der Waals surface area contributed by atoms with Crippen LogP contribution in [-0.4, -0.2) is 28.8 Å². The number of hydrogen-bond acceptors (Lipinski definition) is 6. The molecule has 0 aliphatic rings. The van der Waals surface area contributed by atoms with Crippen LogP contribution in [0.1, 0.15) is 37.0 Å². The lowest BCUT2D eigenvalue weighted by Crippen LogP contribution is -2.25. The van der Waals surface area contributed by atoms with Crippen LogP contribution in [0.2, 0.25) is 0 Å². The van der Waals surface area contributed by atoms with Crippen LogP contribution >= 0.6 is 11.8 Å². The second-order valence-corrected chi connectivity index (χ2v) is 5.70. The van der Waals surface area contributed by atoms with Gasteiger partial charge < -0.3 is 9.32 Å². The summed E-state index contributed by atoms with van der Waals surface area (Å²) >= 11 is 1.44. The first-order chi connectivity index (χ1) is 10.0. The highest BCUT2D eigenvalue weighted by atomic mass is 32.2. The van der Waals surface area contributed by atoms with Crippen molar-refractivity contribution in [3.8, 4) is 0 Å². The van der Waals surface area contributed by atoms with Gasteiger partial charge in [0.05, 0.1) is 11.1 Å². The van der Waals surface area contributed by atoms with E-state index in [4.69, 9.17) is 4.42 Å². The van der Waals surface area contributed by atoms with Gasteiger partial charge in [0.2, 0.25) is 0 Å². The number of hydrogen-bond donors (Lipinski definition) is 0. The highest BCUT2D eigenvalue weighted by Crippen LogP contribution is 2.29. The van der Waals surface area contributed by atoms with Gasteiger partial charge in [0, 0.05) is 20.0 Å². The summed E-state index contributed by atoms with van der Waals surface area (Å²) in [6.45, 7) is 9.06. The van der Waals surface area contributed by atoms with Crippen molar-refractivity contribution in [3.05, 3.63) is 30.0 Å². The molecule has 0 unspecified atom stereocenters. The number of carbonyl (C=O) groups is 1. The van der Waals surface area contributed by atoms with Crippen molar-refractivity contribution in [3.63, 3.8) is 0 Å². The van der Waals surface area contributed by atoms with E-state index in [0.29, 0.717) is 16.5 Å². The SMILES string of the molecule is CCN(CC)c1ncc(Sc2coc(C)c2)nc1C(C)=O. The van der Waals surface area contributed by atoms with Gasteiger partial charge in [-0.15, -0.1) is 0 Å². The molecular weight excluding hydrogens is 286 g/mol. The summed E-state index contributed by atoms with van der Waals surface area (Å²) in [7, 11) is 0. The Hall–Kier alpha value is -1.82. The summed E-state index contributed by atoms with van der Waals surface area (Å²) in [5.74, 6) is 1.42. The van der Waals surface area contributed by atoms with Crippen molar-refractivity contribution in [2.24, 2.45) is 0 Å². The lowest BCUT2D eigenvalue weighted by Gasteiger charge is -2.21. The molecule has 0 spiro atoms. The summed E-state index contributed by atoms with van der Waals surface area (Å²) in [5.41, 5.74) is 0.420. The van der Waals surface area contributed by atoms with Gasteiger partial charge in [-0.25, -0.2) is 9.97 Å². The summed E-state index contributed by atoms with van der Waals surface area (Å²) in [6, 6.07) is 1.93. The van der Waals surface area contributed by atoms with Crippen LogP contribution < -0.4 is 4.90 Å². The molecule has 0 radical (unpaired) electrons. The number of aromatic nitrogens is 2. The van der Waals surface area contributed by atoms with Crippen molar-refractivity contribution < 1.29 is 9.21 Å². The summed E-state index contributed by atoms with van der Waals surface area (Å²) in [6.07, 6.45) is 3.38. The van der Waals surface area contributed by atoms with Gasteiger partial charge >= 0.3 is 0 Å². The first-order valence-electron chi connectivity index (χ1n) is 6.91. The minimum atomic E-state index is -0.0739. The molecule has 0 N–H and O–H groups in total. The minimum absolute atomic E-state index is 0.0739. The van der Waals surface area contributed by atoms with Crippen molar-refractivity contribution >= 4 is 23.4 Å². The molecule has 6 heteroatoms. The number of carbonyl (C=O) groups excluding carboxylic acids is 1. The number of anilines is 1. The van der Waals surface area contributed by atoms with E-state index in [1.165, 1.54) is 18.7 Å². The maximum absolute atomic E-state index is 11.9. The van der Waals surface area contributed by atoms with E-state index in [-0.39, 0.29) is 5.78 Å². The molecule has 0 atom stereocenters. The molecule has 0 bridgehead atoms. The van der Waals surface area contributed by atoms with Gasteiger partial charge in [0.15, 0.2) is 11.6 Å². The Balaban J connectivity index is 2.33. The van der Waals surface area contributed by atoms with E-state index in [1.807, 2.05) is 31.7 Å². The Labute approximate surface area is 128 Å². The van der Waals surface area contributed by atoms with Crippen LogP contribution in [0, 0.1) is 6.92 Å². The standard InChI is InChI=1S/C15H19N3O2S/c1-5-18(6-2)15-14(11(4)19)17-13(8-16-15)21-12-7-10(3)20-9-12/h7-9H,5-6H2,1-4H3. The van der Waals surface area contributed by atoms with Crippen LogP contribution in [0.4, 0.5) is 5.82 Å². The number of rotatable bonds is 6. The third-order valence-corrected chi connectivity index (χ3v) is 3.91. The van der Waals surface area contributed by atoms with Crippen molar-refractivity contribution in [1.82, 2.24) is 9.97 Å². The molecule has 0 fully saturated rings. The van der Waals surface area contributed by atoms with Crippen LogP contribution in [0.3, 0.4) is 0 Å². The molecule has 5 nitrogen and oxygen atoms in total. The van der Waals surface area contributed by atoms with Gasteiger partial charge in [0.1, 0.15) is 22.7 Å². The molecule has 21 heavy (non-hydrogen) atoms. The predicted molar refractivity (Wildman–Crippen MR) is 83.2 cm³/mol. The van der Waals surface area contributed by atoms with Crippen molar-refractivity contribution in [1.29, 1.82) is 0 Å². The van der Waals surface area contributed by atoms with Crippen LogP contribution in [0.5, 0.6) is 0 Å². The van der Waals surface area contributed by atoms with E-state index >= 15 is 0 Å².